The van der Waals surface area contributed by atoms with Crippen LogP contribution in [0.2, 0.25) is 0 Å². The topological polar surface area (TPSA) is 12.0 Å². The smallest absolute Gasteiger partial charge is 0.0305 e. The van der Waals surface area contributed by atoms with E-state index in [-0.39, 0.29) is 5.54 Å². The van der Waals surface area contributed by atoms with Crippen molar-refractivity contribution in [3.8, 4) is 0 Å². The molecule has 0 saturated heterocycles. The zero-order chi connectivity index (χ0) is 10.6. The molecule has 0 radical (unpaired) electrons. The largest absolute Gasteiger partial charge is 0.307 e. The summed E-state index contributed by atoms with van der Waals surface area (Å²) in [4.78, 5) is 1.37. The van der Waals surface area contributed by atoms with Gasteiger partial charge >= 0.3 is 0 Å². The Morgan fingerprint density at radius 2 is 2.21 bits per heavy atom. The van der Waals surface area contributed by atoms with Gasteiger partial charge in [0.15, 0.2) is 0 Å². The van der Waals surface area contributed by atoms with Crippen LogP contribution in [0.4, 0.5) is 0 Å². The van der Waals surface area contributed by atoms with Crippen molar-refractivity contribution in [3.05, 3.63) is 20.8 Å². The van der Waals surface area contributed by atoms with Crippen LogP contribution in [0.25, 0.3) is 0 Å². The minimum atomic E-state index is 0.208. The molecule has 1 rings (SSSR count). The van der Waals surface area contributed by atoms with Crippen LogP contribution in [0.1, 0.15) is 25.1 Å². The van der Waals surface area contributed by atoms with Crippen LogP contribution in [0, 0.1) is 0 Å². The first-order chi connectivity index (χ1) is 6.53. The average Bonchev–Trinajstić information content (AvgIpc) is 2.48. The van der Waals surface area contributed by atoms with E-state index < -0.39 is 0 Å². The number of alkyl halides is 1. The van der Waals surface area contributed by atoms with E-state index in [0.717, 1.165) is 18.3 Å². The van der Waals surface area contributed by atoms with Crippen LogP contribution in [0.3, 0.4) is 0 Å². The molecule has 1 aromatic rings. The molecule has 14 heavy (non-hydrogen) atoms. The van der Waals surface area contributed by atoms with E-state index in [4.69, 9.17) is 0 Å². The summed E-state index contributed by atoms with van der Waals surface area (Å²) in [5.74, 6) is 0. The summed E-state index contributed by atoms with van der Waals surface area (Å²) in [5.41, 5.74) is 0.208. The molecule has 80 valence electrons. The summed E-state index contributed by atoms with van der Waals surface area (Å²) in [5, 5.41) is 6.71. The van der Waals surface area contributed by atoms with Gasteiger partial charge in [-0.3, -0.25) is 0 Å². The van der Waals surface area contributed by atoms with Crippen LogP contribution in [0.5, 0.6) is 0 Å². The van der Waals surface area contributed by atoms with Gasteiger partial charge in [-0.1, -0.05) is 15.9 Å². The Bertz CT molecular complexity index is 283. The number of hydrogen-bond donors (Lipinski definition) is 1. The molecule has 4 heteroatoms. The summed E-state index contributed by atoms with van der Waals surface area (Å²) in [6.45, 7) is 5.42. The highest BCUT2D eigenvalue weighted by atomic mass is 79.9. The number of thiophene rings is 1. The second-order valence-corrected chi connectivity index (χ2v) is 6.61. The van der Waals surface area contributed by atoms with Crippen LogP contribution < -0.4 is 5.32 Å². The van der Waals surface area contributed by atoms with Gasteiger partial charge in [0.05, 0.1) is 0 Å². The Balaban J connectivity index is 2.40. The summed E-state index contributed by atoms with van der Waals surface area (Å²) >= 11 is 8.72. The predicted octanol–water partition coefficient (Wildman–Crippen LogP) is 4.16. The summed E-state index contributed by atoms with van der Waals surface area (Å²) < 4.78 is 1.18. The van der Waals surface area contributed by atoms with Crippen molar-refractivity contribution in [3.63, 3.8) is 0 Å². The minimum Gasteiger partial charge on any atom is -0.307 e. The van der Waals surface area contributed by atoms with Crippen molar-refractivity contribution in [1.29, 1.82) is 0 Å². The average molecular weight is 341 g/mol. The maximum Gasteiger partial charge on any atom is 0.0305 e. The van der Waals surface area contributed by atoms with Crippen molar-refractivity contribution in [2.24, 2.45) is 0 Å². The molecule has 0 aromatic carbocycles. The molecule has 0 aliphatic rings. The van der Waals surface area contributed by atoms with Crippen molar-refractivity contribution in [2.45, 2.75) is 32.4 Å². The number of nitrogens with one attached hydrogen (secondary N) is 1. The molecular weight excluding hydrogens is 326 g/mol. The Morgan fingerprint density at radius 3 is 2.71 bits per heavy atom. The third-order valence-electron chi connectivity index (χ3n) is 2.08. The first-order valence-electron chi connectivity index (χ1n) is 4.57. The first-order valence-corrected chi connectivity index (χ1v) is 7.37. The van der Waals surface area contributed by atoms with Crippen molar-refractivity contribution in [2.75, 3.05) is 5.33 Å². The van der Waals surface area contributed by atoms with Crippen LogP contribution in [0.15, 0.2) is 15.9 Å². The van der Waals surface area contributed by atoms with E-state index in [9.17, 15) is 0 Å². The quantitative estimate of drug-likeness (QED) is 0.793. The Hall–Kier alpha value is 0.620. The van der Waals surface area contributed by atoms with Crippen molar-refractivity contribution in [1.82, 2.24) is 5.32 Å². The van der Waals surface area contributed by atoms with Crippen molar-refractivity contribution < 1.29 is 0 Å². The summed E-state index contributed by atoms with van der Waals surface area (Å²) in [6, 6.07) is 2.17. The Morgan fingerprint density at radius 1 is 1.50 bits per heavy atom. The molecule has 0 bridgehead atoms. The molecule has 0 aliphatic carbocycles. The molecule has 0 spiro atoms. The second-order valence-electron chi connectivity index (χ2n) is 3.91. The molecule has 0 unspecified atom stereocenters. The maximum atomic E-state index is 3.55. The normalized spacial score (nSPS) is 12.0. The highest BCUT2D eigenvalue weighted by molar-refractivity contribution is 9.10. The van der Waals surface area contributed by atoms with Crippen LogP contribution >= 0.6 is 43.2 Å². The number of hydrogen-bond acceptors (Lipinski definition) is 2. The molecule has 0 saturated carbocycles. The van der Waals surface area contributed by atoms with E-state index in [0.29, 0.717) is 0 Å². The molecule has 1 heterocycles. The zero-order valence-electron chi connectivity index (χ0n) is 8.44. The molecular formula is C10H15Br2NS. The second kappa shape index (κ2) is 5.64. The fourth-order valence-electron chi connectivity index (χ4n) is 1.10. The summed E-state index contributed by atoms with van der Waals surface area (Å²) in [6.07, 6.45) is 1.14. The van der Waals surface area contributed by atoms with Crippen molar-refractivity contribution >= 4 is 43.2 Å². The monoisotopic (exact) mass is 339 g/mol. The Labute approximate surface area is 107 Å². The third kappa shape index (κ3) is 4.43. The third-order valence-corrected chi connectivity index (χ3v) is 4.18. The molecule has 1 N–H and O–H groups in total. The lowest BCUT2D eigenvalue weighted by Crippen LogP contribution is -2.38. The first kappa shape index (κ1) is 12.7. The lowest BCUT2D eigenvalue weighted by atomic mass is 10.0. The molecule has 0 aliphatic heterocycles. The van der Waals surface area contributed by atoms with Gasteiger partial charge < -0.3 is 5.32 Å². The van der Waals surface area contributed by atoms with E-state index in [1.54, 1.807) is 11.3 Å². The Kier molecular flexibility index (Phi) is 5.11. The molecule has 0 fully saturated rings. The van der Waals surface area contributed by atoms with Gasteiger partial charge in [-0.25, -0.2) is 0 Å². The predicted molar refractivity (Wildman–Crippen MR) is 71.3 cm³/mol. The lowest BCUT2D eigenvalue weighted by molar-refractivity contribution is 0.379. The van der Waals surface area contributed by atoms with Gasteiger partial charge in [-0.05, 0) is 42.3 Å². The minimum absolute atomic E-state index is 0.208. The highest BCUT2D eigenvalue weighted by Crippen LogP contribution is 2.20. The maximum absolute atomic E-state index is 3.55. The SMILES string of the molecule is CC(C)(CCBr)NCc1cc(Br)cs1. The van der Waals surface area contributed by atoms with E-state index in [1.807, 2.05) is 0 Å². The van der Waals surface area contributed by atoms with E-state index in [2.05, 4.69) is 62.5 Å². The lowest BCUT2D eigenvalue weighted by Gasteiger charge is -2.25. The molecule has 1 aromatic heterocycles. The van der Waals surface area contributed by atoms with E-state index >= 15 is 0 Å². The summed E-state index contributed by atoms with van der Waals surface area (Å²) in [7, 11) is 0. The fraction of sp³-hybridized carbons (Fsp3) is 0.600. The number of halogens is 2. The van der Waals surface area contributed by atoms with E-state index in [1.165, 1.54) is 9.35 Å². The van der Waals surface area contributed by atoms with Gasteiger partial charge in [0.25, 0.3) is 0 Å². The van der Waals surface area contributed by atoms with Gasteiger partial charge in [0.2, 0.25) is 0 Å². The number of rotatable bonds is 5. The molecule has 0 atom stereocenters. The highest BCUT2D eigenvalue weighted by Gasteiger charge is 2.15. The molecule has 1 nitrogen and oxygen atoms in total. The fourth-order valence-corrected chi connectivity index (χ4v) is 3.48. The van der Waals surface area contributed by atoms with Gasteiger partial charge in [0, 0.05) is 32.1 Å². The van der Waals surface area contributed by atoms with Crippen LogP contribution in [-0.2, 0) is 6.54 Å². The zero-order valence-corrected chi connectivity index (χ0v) is 12.4. The van der Waals surface area contributed by atoms with Gasteiger partial charge in [0.1, 0.15) is 0 Å². The molecule has 0 amide bonds. The van der Waals surface area contributed by atoms with Crippen LogP contribution in [-0.4, -0.2) is 10.9 Å². The van der Waals surface area contributed by atoms with Gasteiger partial charge in [-0.15, -0.1) is 11.3 Å². The van der Waals surface area contributed by atoms with Gasteiger partial charge in [-0.2, -0.15) is 0 Å². The standard InChI is InChI=1S/C10H15Br2NS/c1-10(2,3-4-11)13-6-9-5-8(12)7-14-9/h5,7,13H,3-4,6H2,1-2H3.